The summed E-state index contributed by atoms with van der Waals surface area (Å²) in [7, 11) is -3.78. The molecule has 2 atom stereocenters. The molecule has 2 aromatic carbocycles. The van der Waals surface area contributed by atoms with Crippen molar-refractivity contribution in [3.63, 3.8) is 0 Å². The van der Waals surface area contributed by atoms with Gasteiger partial charge in [-0.25, -0.2) is 17.9 Å². The summed E-state index contributed by atoms with van der Waals surface area (Å²) in [6.45, 7) is 1.87. The average molecular weight is 417 g/mol. The van der Waals surface area contributed by atoms with Crippen LogP contribution in [0.5, 0.6) is 0 Å². The van der Waals surface area contributed by atoms with Gasteiger partial charge in [-0.3, -0.25) is 10.1 Å². The number of para-hydroxylation sites is 1. The van der Waals surface area contributed by atoms with E-state index in [4.69, 9.17) is 0 Å². The lowest BCUT2D eigenvalue weighted by Crippen LogP contribution is -2.49. The van der Waals surface area contributed by atoms with E-state index in [1.54, 1.807) is 18.2 Å². The van der Waals surface area contributed by atoms with Crippen molar-refractivity contribution in [3.8, 4) is 0 Å². The van der Waals surface area contributed by atoms with Gasteiger partial charge in [-0.2, -0.15) is 0 Å². The number of nitrogens with one attached hydrogen (secondary N) is 1. The molecule has 154 valence electrons. The van der Waals surface area contributed by atoms with Crippen molar-refractivity contribution < 1.29 is 18.1 Å². The van der Waals surface area contributed by atoms with Gasteiger partial charge < -0.3 is 5.21 Å². The summed E-state index contributed by atoms with van der Waals surface area (Å²) >= 11 is 0. The molecule has 1 aliphatic carbocycles. The van der Waals surface area contributed by atoms with E-state index in [-0.39, 0.29) is 16.1 Å². The number of benzene rings is 2. The average Bonchev–Trinajstić information content (AvgIpc) is 2.68. The van der Waals surface area contributed by atoms with Crippen LogP contribution in [-0.2, 0) is 10.0 Å². The summed E-state index contributed by atoms with van der Waals surface area (Å²) in [5, 5.41) is 24.0. The largest absolute Gasteiger partial charge is 0.624 e. The summed E-state index contributed by atoms with van der Waals surface area (Å²) in [5.41, 5.74) is 0.975. The number of hydrogen-bond donors (Lipinski definition) is 1. The zero-order valence-corrected chi connectivity index (χ0v) is 16.8. The van der Waals surface area contributed by atoms with Crippen molar-refractivity contribution in [1.29, 1.82) is 0 Å². The first-order valence-electron chi connectivity index (χ1n) is 9.41. The fourth-order valence-corrected chi connectivity index (χ4v) is 4.84. The molecule has 1 N–H and O–H groups in total. The molecule has 3 rings (SSSR count). The predicted octanol–water partition coefficient (Wildman–Crippen LogP) is 3.12. The standard InChI is InChI=1S/C20H23N3O5S/c1-15-10-12-17(13-11-15)29(27,28)21-18-7-3-5-9-20(18)22(24)14-16-6-2-4-8-19(16)23(25)26/h2,4,6,8,10-14,18,20-21H,3,5,7,9H2,1H3/b22-14-/t18-,20-/m1/s1. The first-order valence-corrected chi connectivity index (χ1v) is 10.9. The van der Waals surface area contributed by atoms with Gasteiger partial charge in [0.05, 0.1) is 15.9 Å². The van der Waals surface area contributed by atoms with Gasteiger partial charge in [-0.1, -0.05) is 36.2 Å². The SMILES string of the molecule is Cc1ccc(S(=O)(=O)N[C@@H]2CCCC[C@H]2/[N+]([O-])=C/c2ccccc2[N+](=O)[O-])cc1. The molecule has 0 aliphatic heterocycles. The molecule has 0 bridgehead atoms. The van der Waals surface area contributed by atoms with Crippen molar-refractivity contribution in [2.75, 3.05) is 0 Å². The highest BCUT2D eigenvalue weighted by Crippen LogP contribution is 2.24. The molecule has 1 saturated carbocycles. The maximum Gasteiger partial charge on any atom is 0.282 e. The van der Waals surface area contributed by atoms with Gasteiger partial charge in [0.2, 0.25) is 10.0 Å². The molecule has 0 spiro atoms. The van der Waals surface area contributed by atoms with Gasteiger partial charge in [0.15, 0.2) is 12.3 Å². The lowest BCUT2D eigenvalue weighted by atomic mass is 9.91. The van der Waals surface area contributed by atoms with Crippen LogP contribution in [0.4, 0.5) is 5.69 Å². The summed E-state index contributed by atoms with van der Waals surface area (Å²) in [6.07, 6.45) is 3.80. The van der Waals surface area contributed by atoms with Crippen molar-refractivity contribution in [1.82, 2.24) is 4.72 Å². The van der Waals surface area contributed by atoms with Crippen LogP contribution in [0.3, 0.4) is 0 Å². The molecule has 1 aliphatic rings. The second-order valence-corrected chi connectivity index (χ2v) is 8.91. The molecule has 0 amide bonds. The molecule has 1 fully saturated rings. The van der Waals surface area contributed by atoms with Crippen LogP contribution < -0.4 is 4.72 Å². The molecule has 0 heterocycles. The number of nitro groups is 1. The summed E-state index contributed by atoms with van der Waals surface area (Å²) in [4.78, 5) is 10.8. The fraction of sp³-hybridized carbons (Fsp3) is 0.350. The molecule has 0 saturated heterocycles. The van der Waals surface area contributed by atoms with Gasteiger partial charge >= 0.3 is 0 Å². The van der Waals surface area contributed by atoms with E-state index in [1.165, 1.54) is 36.5 Å². The topological polar surface area (TPSA) is 115 Å². The first-order chi connectivity index (χ1) is 13.8. The van der Waals surface area contributed by atoms with E-state index >= 15 is 0 Å². The van der Waals surface area contributed by atoms with Gasteiger partial charge in [-0.05, 0) is 38.0 Å². The molecule has 8 nitrogen and oxygen atoms in total. The summed E-state index contributed by atoms with van der Waals surface area (Å²) in [5.74, 6) is 0. The van der Waals surface area contributed by atoms with Crippen LogP contribution in [0.15, 0.2) is 53.4 Å². The summed E-state index contributed by atoms with van der Waals surface area (Å²) < 4.78 is 28.8. The Bertz CT molecular complexity index is 1020. The minimum Gasteiger partial charge on any atom is -0.624 e. The number of hydroxylamine groups is 1. The lowest BCUT2D eigenvalue weighted by Gasteiger charge is -2.30. The van der Waals surface area contributed by atoms with Gasteiger partial charge in [-0.15, -0.1) is 0 Å². The highest BCUT2D eigenvalue weighted by molar-refractivity contribution is 7.89. The second-order valence-electron chi connectivity index (χ2n) is 7.20. The minimum atomic E-state index is -3.78. The normalized spacial score (nSPS) is 20.4. The molecular formula is C20H23N3O5S. The van der Waals surface area contributed by atoms with Crippen molar-refractivity contribution in [2.45, 2.75) is 49.6 Å². The highest BCUT2D eigenvalue weighted by atomic mass is 32.2. The zero-order valence-electron chi connectivity index (χ0n) is 16.0. The number of nitrogens with zero attached hydrogens (tertiary/aromatic N) is 2. The van der Waals surface area contributed by atoms with Gasteiger partial charge in [0.25, 0.3) is 5.69 Å². The van der Waals surface area contributed by atoms with Crippen molar-refractivity contribution in [3.05, 3.63) is 75.0 Å². The summed E-state index contributed by atoms with van der Waals surface area (Å²) in [6, 6.07) is 11.3. The lowest BCUT2D eigenvalue weighted by molar-refractivity contribution is -0.504. The molecule has 0 radical (unpaired) electrons. The Hall–Kier alpha value is -2.78. The van der Waals surface area contributed by atoms with Gasteiger partial charge in [0, 0.05) is 12.5 Å². The Kier molecular flexibility index (Phi) is 6.29. The van der Waals surface area contributed by atoms with Crippen LogP contribution in [0.1, 0.15) is 36.8 Å². The molecule has 0 unspecified atom stereocenters. The Morgan fingerprint density at radius 3 is 2.38 bits per heavy atom. The van der Waals surface area contributed by atoms with E-state index in [9.17, 15) is 23.7 Å². The van der Waals surface area contributed by atoms with Crippen LogP contribution in [0.25, 0.3) is 0 Å². The molecule has 0 aromatic heterocycles. The van der Waals surface area contributed by atoms with Crippen molar-refractivity contribution >= 4 is 21.9 Å². The van der Waals surface area contributed by atoms with E-state index in [0.717, 1.165) is 18.4 Å². The van der Waals surface area contributed by atoms with Crippen LogP contribution in [0.2, 0.25) is 0 Å². The van der Waals surface area contributed by atoms with Crippen LogP contribution in [-0.4, -0.2) is 36.4 Å². The molecule has 9 heteroatoms. The molecule has 2 aromatic rings. The zero-order chi connectivity index (χ0) is 21.0. The van der Waals surface area contributed by atoms with Gasteiger partial charge in [0.1, 0.15) is 5.56 Å². The Balaban J connectivity index is 1.86. The minimum absolute atomic E-state index is 0.146. The Labute approximate surface area is 169 Å². The molecule has 29 heavy (non-hydrogen) atoms. The van der Waals surface area contributed by atoms with Crippen LogP contribution >= 0.6 is 0 Å². The van der Waals surface area contributed by atoms with E-state index < -0.39 is 27.0 Å². The number of nitro benzene ring substituents is 1. The smallest absolute Gasteiger partial charge is 0.282 e. The van der Waals surface area contributed by atoms with E-state index in [2.05, 4.69) is 4.72 Å². The maximum absolute atomic E-state index is 12.8. The Morgan fingerprint density at radius 1 is 1.03 bits per heavy atom. The maximum atomic E-state index is 12.8. The van der Waals surface area contributed by atoms with E-state index in [0.29, 0.717) is 17.6 Å². The number of aryl methyl sites for hydroxylation is 1. The Morgan fingerprint density at radius 2 is 1.69 bits per heavy atom. The predicted molar refractivity (Wildman–Crippen MR) is 109 cm³/mol. The van der Waals surface area contributed by atoms with Crippen LogP contribution in [0, 0.1) is 22.2 Å². The first kappa shape index (κ1) is 20.9. The fourth-order valence-electron chi connectivity index (χ4n) is 3.53. The third kappa shape index (κ3) is 4.99. The number of hydrogen-bond acceptors (Lipinski definition) is 5. The van der Waals surface area contributed by atoms with E-state index in [1.807, 2.05) is 6.92 Å². The third-order valence-corrected chi connectivity index (χ3v) is 6.60. The number of sulfonamides is 1. The molecular weight excluding hydrogens is 394 g/mol. The quantitative estimate of drug-likeness (QED) is 0.255. The second kappa shape index (κ2) is 8.71. The third-order valence-electron chi connectivity index (χ3n) is 5.09. The highest BCUT2D eigenvalue weighted by Gasteiger charge is 2.35. The number of rotatable bonds is 6. The monoisotopic (exact) mass is 417 g/mol. The van der Waals surface area contributed by atoms with Crippen molar-refractivity contribution in [2.24, 2.45) is 0 Å².